The number of aromatic hydroxyl groups is 2. The van der Waals surface area contributed by atoms with Crippen molar-refractivity contribution in [1.82, 2.24) is 9.97 Å². The van der Waals surface area contributed by atoms with Crippen LogP contribution in [0, 0.1) is 5.41 Å². The number of carbonyl (C=O) groups is 1. The zero-order valence-corrected chi connectivity index (χ0v) is 15.7. The second kappa shape index (κ2) is 7.25. The first kappa shape index (κ1) is 19.0. The maximum atomic E-state index is 11.3. The first-order valence-electron chi connectivity index (χ1n) is 9.04. The molecule has 0 amide bonds. The van der Waals surface area contributed by atoms with Crippen molar-refractivity contribution in [3.8, 4) is 34.0 Å². The number of nitrogens with one attached hydrogen (secondary N) is 2. The second-order valence-corrected chi connectivity index (χ2v) is 6.86. The summed E-state index contributed by atoms with van der Waals surface area (Å²) in [6.45, 7) is 0. The number of rotatable bonds is 5. The van der Waals surface area contributed by atoms with Gasteiger partial charge in [0.2, 0.25) is 0 Å². The van der Waals surface area contributed by atoms with Crippen LogP contribution >= 0.6 is 0 Å². The molecule has 0 bridgehead atoms. The molecule has 0 aliphatic carbocycles. The number of fused-ring (bicyclic) bond motifs is 1. The number of nitrogens with zero attached hydrogens (tertiary/aromatic N) is 1. The number of phenolic OH excluding ortho intramolecular Hbond substituents is 2. The minimum absolute atomic E-state index is 0.0399. The van der Waals surface area contributed by atoms with Gasteiger partial charge in [-0.2, -0.15) is 0 Å². The van der Waals surface area contributed by atoms with Crippen molar-refractivity contribution in [3.63, 3.8) is 0 Å². The van der Waals surface area contributed by atoms with Crippen molar-refractivity contribution in [1.29, 1.82) is 5.41 Å². The minimum atomic E-state index is -1.02. The van der Waals surface area contributed by atoms with E-state index in [-0.39, 0.29) is 23.8 Å². The van der Waals surface area contributed by atoms with Crippen molar-refractivity contribution in [3.05, 3.63) is 65.7 Å². The van der Waals surface area contributed by atoms with E-state index in [4.69, 9.17) is 11.1 Å². The zero-order valence-electron chi connectivity index (χ0n) is 15.7. The quantitative estimate of drug-likeness (QED) is 0.222. The highest BCUT2D eigenvalue weighted by Crippen LogP contribution is 2.41. The Morgan fingerprint density at radius 1 is 1.03 bits per heavy atom. The number of phenols is 2. The number of carboxylic acid groups (broad SMARTS) is 1. The van der Waals surface area contributed by atoms with Crippen LogP contribution in [0.25, 0.3) is 33.5 Å². The van der Waals surface area contributed by atoms with Crippen LogP contribution in [-0.2, 0) is 11.2 Å². The number of nitrogen functional groups attached to an aromatic ring is 1. The van der Waals surface area contributed by atoms with E-state index in [1.165, 1.54) is 6.07 Å². The highest BCUT2D eigenvalue weighted by Gasteiger charge is 2.19. The molecule has 0 aliphatic heterocycles. The summed E-state index contributed by atoms with van der Waals surface area (Å²) in [5.74, 6) is -0.961. The molecule has 0 radical (unpaired) electrons. The Morgan fingerprint density at radius 2 is 1.77 bits per heavy atom. The lowest BCUT2D eigenvalue weighted by molar-refractivity contribution is -0.136. The number of H-pyrrole nitrogens is 1. The number of hydrogen-bond acceptors (Lipinski definition) is 5. The molecule has 3 aromatic carbocycles. The molecule has 150 valence electrons. The van der Waals surface area contributed by atoms with Gasteiger partial charge in [-0.3, -0.25) is 10.2 Å². The molecule has 8 nitrogen and oxygen atoms in total. The molecule has 4 rings (SSSR count). The summed E-state index contributed by atoms with van der Waals surface area (Å²) < 4.78 is 0. The van der Waals surface area contributed by atoms with Gasteiger partial charge in [-0.05, 0) is 42.0 Å². The smallest absolute Gasteiger partial charge is 0.307 e. The fourth-order valence-corrected chi connectivity index (χ4v) is 3.36. The van der Waals surface area contributed by atoms with E-state index in [1.807, 2.05) is 0 Å². The molecule has 4 aromatic rings. The van der Waals surface area contributed by atoms with E-state index in [0.29, 0.717) is 44.7 Å². The molecule has 7 N–H and O–H groups in total. The Balaban J connectivity index is 1.93. The van der Waals surface area contributed by atoms with Crippen LogP contribution in [0.2, 0.25) is 0 Å². The fraction of sp³-hybridized carbons (Fsp3) is 0.0455. The summed E-state index contributed by atoms with van der Waals surface area (Å²) >= 11 is 0. The van der Waals surface area contributed by atoms with E-state index in [1.54, 1.807) is 48.5 Å². The molecule has 1 aromatic heterocycles. The van der Waals surface area contributed by atoms with Crippen molar-refractivity contribution < 1.29 is 20.1 Å². The third kappa shape index (κ3) is 3.42. The largest absolute Gasteiger partial charge is 0.507 e. The first-order chi connectivity index (χ1) is 14.3. The SMILES string of the molecule is N=C(N)c1ccc2nc(-c3cc(CC(=O)O)cc(-c4ccccc4O)c3O)[nH]c2c1. The molecule has 0 saturated heterocycles. The molecule has 0 spiro atoms. The Kier molecular flexibility index (Phi) is 4.59. The fourth-order valence-electron chi connectivity index (χ4n) is 3.36. The number of aliphatic carboxylic acids is 1. The van der Waals surface area contributed by atoms with Gasteiger partial charge >= 0.3 is 5.97 Å². The summed E-state index contributed by atoms with van der Waals surface area (Å²) in [4.78, 5) is 18.9. The van der Waals surface area contributed by atoms with E-state index in [0.717, 1.165) is 0 Å². The molecule has 0 atom stereocenters. The van der Waals surface area contributed by atoms with Crippen molar-refractivity contribution in [2.45, 2.75) is 6.42 Å². The summed E-state index contributed by atoms with van der Waals surface area (Å²) in [7, 11) is 0. The third-order valence-corrected chi connectivity index (χ3v) is 4.77. The van der Waals surface area contributed by atoms with Crippen LogP contribution < -0.4 is 5.73 Å². The van der Waals surface area contributed by atoms with Crippen LogP contribution in [0.4, 0.5) is 0 Å². The maximum Gasteiger partial charge on any atom is 0.307 e. The lowest BCUT2D eigenvalue weighted by Gasteiger charge is -2.12. The number of amidine groups is 1. The predicted octanol–water partition coefficient (Wildman–Crippen LogP) is 3.22. The second-order valence-electron chi connectivity index (χ2n) is 6.86. The summed E-state index contributed by atoms with van der Waals surface area (Å²) in [6, 6.07) is 14.6. The van der Waals surface area contributed by atoms with Gasteiger partial charge in [-0.15, -0.1) is 0 Å². The van der Waals surface area contributed by atoms with E-state index >= 15 is 0 Å². The van der Waals surface area contributed by atoms with Crippen LogP contribution in [0.1, 0.15) is 11.1 Å². The standard InChI is InChI=1S/C22H18N4O4/c23-21(24)12-5-6-16-17(10-12)26-22(25-16)15-8-11(9-19(28)29)7-14(20(15)30)13-3-1-2-4-18(13)27/h1-8,10,27,30H,9H2,(H3,23,24)(H,25,26)(H,28,29). The number of benzene rings is 3. The first-order valence-corrected chi connectivity index (χ1v) is 9.04. The number of para-hydroxylation sites is 1. The molecule has 0 aliphatic rings. The Morgan fingerprint density at radius 3 is 2.47 bits per heavy atom. The molecular weight excluding hydrogens is 384 g/mol. The highest BCUT2D eigenvalue weighted by molar-refractivity contribution is 5.98. The van der Waals surface area contributed by atoms with E-state index in [2.05, 4.69) is 9.97 Å². The van der Waals surface area contributed by atoms with Crippen molar-refractivity contribution in [2.75, 3.05) is 0 Å². The van der Waals surface area contributed by atoms with Gasteiger partial charge < -0.3 is 26.0 Å². The minimum Gasteiger partial charge on any atom is -0.507 e. The lowest BCUT2D eigenvalue weighted by Crippen LogP contribution is -2.10. The average molecular weight is 402 g/mol. The highest BCUT2D eigenvalue weighted by atomic mass is 16.4. The van der Waals surface area contributed by atoms with Gasteiger partial charge in [-0.25, -0.2) is 4.98 Å². The number of carboxylic acids is 1. The average Bonchev–Trinajstić information content (AvgIpc) is 3.12. The van der Waals surface area contributed by atoms with Crippen molar-refractivity contribution >= 4 is 22.8 Å². The van der Waals surface area contributed by atoms with Crippen LogP contribution in [-0.4, -0.2) is 37.1 Å². The topological polar surface area (TPSA) is 156 Å². The molecule has 8 heteroatoms. The summed E-state index contributed by atoms with van der Waals surface area (Å²) in [6.07, 6.45) is -0.261. The zero-order chi connectivity index (χ0) is 21.4. The summed E-state index contributed by atoms with van der Waals surface area (Å²) in [5.41, 5.74) is 8.69. The molecule has 30 heavy (non-hydrogen) atoms. The number of imidazole rings is 1. The van der Waals surface area contributed by atoms with Crippen molar-refractivity contribution in [2.24, 2.45) is 5.73 Å². The van der Waals surface area contributed by atoms with Crippen LogP contribution in [0.5, 0.6) is 11.5 Å². The van der Waals surface area contributed by atoms with Gasteiger partial charge in [0.25, 0.3) is 0 Å². The van der Waals surface area contributed by atoms with Gasteiger partial charge in [0, 0.05) is 16.7 Å². The Labute approximate surface area is 170 Å². The van der Waals surface area contributed by atoms with Gasteiger partial charge in [0.1, 0.15) is 23.2 Å². The van der Waals surface area contributed by atoms with Crippen LogP contribution in [0.15, 0.2) is 54.6 Å². The van der Waals surface area contributed by atoms with Gasteiger partial charge in [-0.1, -0.05) is 18.2 Å². The van der Waals surface area contributed by atoms with E-state index in [9.17, 15) is 20.1 Å². The van der Waals surface area contributed by atoms with Gasteiger partial charge in [0.05, 0.1) is 23.0 Å². The van der Waals surface area contributed by atoms with E-state index < -0.39 is 5.97 Å². The molecule has 1 heterocycles. The molecule has 0 unspecified atom stereocenters. The van der Waals surface area contributed by atoms with Gasteiger partial charge in [0.15, 0.2) is 0 Å². The maximum absolute atomic E-state index is 11.3. The monoisotopic (exact) mass is 402 g/mol. The third-order valence-electron chi connectivity index (χ3n) is 4.77. The lowest BCUT2D eigenvalue weighted by atomic mass is 9.96. The Hall–Kier alpha value is -4.33. The number of aromatic nitrogens is 2. The van der Waals surface area contributed by atoms with Crippen LogP contribution in [0.3, 0.4) is 0 Å². The molecule has 0 fully saturated rings. The number of aromatic amines is 1. The Bertz CT molecular complexity index is 1310. The molecule has 0 saturated carbocycles. The normalized spacial score (nSPS) is 10.9. The number of nitrogens with two attached hydrogens (primary N) is 1. The number of hydrogen-bond donors (Lipinski definition) is 6. The predicted molar refractivity (Wildman–Crippen MR) is 113 cm³/mol. The molecular formula is C22H18N4O4. The summed E-state index contributed by atoms with van der Waals surface area (Å²) in [5, 5.41) is 38.0.